The molecule has 2 aromatic carbocycles. The van der Waals surface area contributed by atoms with E-state index in [4.69, 9.17) is 0 Å². The van der Waals surface area contributed by atoms with Gasteiger partial charge >= 0.3 is 0 Å². The van der Waals surface area contributed by atoms with Gasteiger partial charge in [-0.05, 0) is 48.7 Å². The molecule has 1 N–H and O–H groups in total. The Morgan fingerprint density at radius 1 is 1.11 bits per heavy atom. The minimum Gasteiger partial charge on any atom is -0.326 e. The van der Waals surface area contributed by atoms with Crippen LogP contribution in [-0.4, -0.2) is 5.91 Å². The van der Waals surface area contributed by atoms with Crippen molar-refractivity contribution in [2.24, 2.45) is 0 Å². The number of anilines is 1. The highest BCUT2D eigenvalue weighted by molar-refractivity contribution is 5.92. The van der Waals surface area contributed by atoms with Crippen molar-refractivity contribution in [1.29, 1.82) is 0 Å². The summed E-state index contributed by atoms with van der Waals surface area (Å²) in [6.45, 7) is 4.05. The predicted octanol–water partition coefficient (Wildman–Crippen LogP) is 3.62. The van der Waals surface area contributed by atoms with Gasteiger partial charge in [0.2, 0.25) is 5.91 Å². The van der Waals surface area contributed by atoms with Crippen LogP contribution in [0.4, 0.5) is 10.1 Å². The average Bonchev–Trinajstić information content (AvgIpc) is 2.34. The van der Waals surface area contributed by atoms with Crippen LogP contribution >= 0.6 is 0 Å². The number of halogens is 1. The molecule has 0 radical (unpaired) electrons. The second-order valence-corrected chi connectivity index (χ2v) is 4.65. The van der Waals surface area contributed by atoms with Crippen LogP contribution in [0.25, 0.3) is 0 Å². The smallest absolute Gasteiger partial charge is 0.228 e. The van der Waals surface area contributed by atoms with Crippen molar-refractivity contribution in [2.75, 3.05) is 5.32 Å². The van der Waals surface area contributed by atoms with E-state index in [-0.39, 0.29) is 18.1 Å². The van der Waals surface area contributed by atoms with E-state index in [0.29, 0.717) is 5.69 Å². The lowest BCUT2D eigenvalue weighted by Gasteiger charge is -2.07. The van der Waals surface area contributed by atoms with E-state index in [1.807, 2.05) is 32.0 Å². The quantitative estimate of drug-likeness (QED) is 0.894. The Bertz CT molecular complexity index is 607. The van der Waals surface area contributed by atoms with Crippen molar-refractivity contribution >= 4 is 11.6 Å². The summed E-state index contributed by atoms with van der Waals surface area (Å²) >= 11 is 0. The molecular formula is C16H16FNO. The first kappa shape index (κ1) is 13.3. The third kappa shape index (κ3) is 3.65. The van der Waals surface area contributed by atoms with Crippen LogP contribution in [-0.2, 0) is 11.2 Å². The topological polar surface area (TPSA) is 29.1 Å². The van der Waals surface area contributed by atoms with Gasteiger partial charge in [0.15, 0.2) is 0 Å². The molecule has 0 spiro atoms. The van der Waals surface area contributed by atoms with Gasteiger partial charge in [-0.3, -0.25) is 4.79 Å². The number of aryl methyl sites for hydroxylation is 2. The largest absolute Gasteiger partial charge is 0.326 e. The summed E-state index contributed by atoms with van der Waals surface area (Å²) in [5, 5.41) is 2.69. The minimum atomic E-state index is -0.357. The van der Waals surface area contributed by atoms with E-state index in [0.717, 1.165) is 11.1 Å². The van der Waals surface area contributed by atoms with Gasteiger partial charge in [-0.15, -0.1) is 0 Å². The first-order valence-corrected chi connectivity index (χ1v) is 6.16. The number of benzene rings is 2. The first-order chi connectivity index (χ1) is 9.04. The predicted molar refractivity (Wildman–Crippen MR) is 74.6 cm³/mol. The Kier molecular flexibility index (Phi) is 3.95. The maximum atomic E-state index is 13.0. The Morgan fingerprint density at radius 2 is 1.89 bits per heavy atom. The van der Waals surface area contributed by atoms with Gasteiger partial charge in [0.1, 0.15) is 5.82 Å². The Hall–Kier alpha value is -2.16. The number of nitrogens with one attached hydrogen (secondary N) is 1. The highest BCUT2D eigenvalue weighted by Gasteiger charge is 2.05. The number of hydrogen-bond donors (Lipinski definition) is 1. The zero-order valence-electron chi connectivity index (χ0n) is 11.0. The van der Waals surface area contributed by atoms with Crippen molar-refractivity contribution in [3.05, 3.63) is 65.0 Å². The fourth-order valence-corrected chi connectivity index (χ4v) is 1.87. The summed E-state index contributed by atoms with van der Waals surface area (Å²) in [5.74, 6) is -0.502. The highest BCUT2D eigenvalue weighted by atomic mass is 19.1. The summed E-state index contributed by atoms with van der Waals surface area (Å²) in [4.78, 5) is 11.9. The zero-order chi connectivity index (χ0) is 13.8. The van der Waals surface area contributed by atoms with Gasteiger partial charge in [-0.25, -0.2) is 4.39 Å². The molecule has 19 heavy (non-hydrogen) atoms. The molecule has 0 atom stereocenters. The van der Waals surface area contributed by atoms with Crippen LogP contribution in [0.5, 0.6) is 0 Å². The first-order valence-electron chi connectivity index (χ1n) is 6.16. The van der Waals surface area contributed by atoms with Gasteiger partial charge in [-0.1, -0.05) is 24.3 Å². The van der Waals surface area contributed by atoms with E-state index in [2.05, 4.69) is 5.32 Å². The molecule has 0 aliphatic carbocycles. The molecule has 0 aromatic heterocycles. The van der Waals surface area contributed by atoms with Crippen LogP contribution in [0, 0.1) is 19.7 Å². The molecular weight excluding hydrogens is 241 g/mol. The molecule has 0 unspecified atom stereocenters. The van der Waals surface area contributed by atoms with Gasteiger partial charge in [0.05, 0.1) is 6.42 Å². The van der Waals surface area contributed by atoms with Gasteiger partial charge in [0, 0.05) is 5.69 Å². The number of carbonyl (C=O) groups is 1. The monoisotopic (exact) mass is 257 g/mol. The zero-order valence-corrected chi connectivity index (χ0v) is 11.0. The number of carbonyl (C=O) groups excluding carboxylic acids is 1. The van der Waals surface area contributed by atoms with Crippen LogP contribution in [0.2, 0.25) is 0 Å². The van der Waals surface area contributed by atoms with Crippen LogP contribution in [0.1, 0.15) is 16.7 Å². The molecule has 2 aromatic rings. The molecule has 0 saturated carbocycles. The standard InChI is InChI=1S/C16H16FNO/c1-11-6-7-13(8-12(11)2)9-16(19)18-15-5-3-4-14(17)10-15/h3-8,10H,9H2,1-2H3,(H,18,19). The lowest BCUT2D eigenvalue weighted by Crippen LogP contribution is -2.14. The van der Waals surface area contributed by atoms with E-state index in [1.165, 1.54) is 17.7 Å². The van der Waals surface area contributed by atoms with Crippen molar-refractivity contribution in [3.63, 3.8) is 0 Å². The SMILES string of the molecule is Cc1ccc(CC(=O)Nc2cccc(F)c2)cc1C. The van der Waals surface area contributed by atoms with Gasteiger partial charge in [-0.2, -0.15) is 0 Å². The maximum absolute atomic E-state index is 13.0. The second-order valence-electron chi connectivity index (χ2n) is 4.65. The van der Waals surface area contributed by atoms with Crippen molar-refractivity contribution in [1.82, 2.24) is 0 Å². The van der Waals surface area contributed by atoms with E-state index < -0.39 is 0 Å². The Labute approximate surface area is 112 Å². The molecule has 2 rings (SSSR count). The third-order valence-corrected chi connectivity index (χ3v) is 3.04. The fraction of sp³-hybridized carbons (Fsp3) is 0.188. The van der Waals surface area contributed by atoms with Crippen molar-refractivity contribution < 1.29 is 9.18 Å². The Balaban J connectivity index is 2.03. The average molecular weight is 257 g/mol. The van der Waals surface area contributed by atoms with Crippen LogP contribution < -0.4 is 5.32 Å². The Morgan fingerprint density at radius 3 is 2.58 bits per heavy atom. The van der Waals surface area contributed by atoms with E-state index in [1.54, 1.807) is 12.1 Å². The molecule has 3 heteroatoms. The molecule has 0 heterocycles. The van der Waals surface area contributed by atoms with Crippen LogP contribution in [0.3, 0.4) is 0 Å². The van der Waals surface area contributed by atoms with Crippen molar-refractivity contribution in [2.45, 2.75) is 20.3 Å². The normalized spacial score (nSPS) is 10.3. The summed E-state index contributed by atoms with van der Waals surface area (Å²) in [5.41, 5.74) is 3.80. The summed E-state index contributed by atoms with van der Waals surface area (Å²) in [7, 11) is 0. The highest BCUT2D eigenvalue weighted by Crippen LogP contribution is 2.12. The number of rotatable bonds is 3. The number of amides is 1. The van der Waals surface area contributed by atoms with Gasteiger partial charge in [0.25, 0.3) is 0 Å². The fourth-order valence-electron chi connectivity index (χ4n) is 1.87. The summed E-state index contributed by atoms with van der Waals surface area (Å²) in [6.07, 6.45) is 0.289. The minimum absolute atomic E-state index is 0.145. The summed E-state index contributed by atoms with van der Waals surface area (Å²) in [6, 6.07) is 11.8. The molecule has 0 bridgehead atoms. The lowest BCUT2D eigenvalue weighted by atomic mass is 10.0. The van der Waals surface area contributed by atoms with Crippen LogP contribution in [0.15, 0.2) is 42.5 Å². The van der Waals surface area contributed by atoms with E-state index >= 15 is 0 Å². The molecule has 1 amide bonds. The maximum Gasteiger partial charge on any atom is 0.228 e. The molecule has 0 aliphatic rings. The van der Waals surface area contributed by atoms with Gasteiger partial charge < -0.3 is 5.32 Å². The molecule has 98 valence electrons. The number of hydrogen-bond acceptors (Lipinski definition) is 1. The molecule has 2 nitrogen and oxygen atoms in total. The lowest BCUT2D eigenvalue weighted by molar-refractivity contribution is -0.115. The molecule has 0 fully saturated rings. The third-order valence-electron chi connectivity index (χ3n) is 3.04. The summed E-state index contributed by atoms with van der Waals surface area (Å²) < 4.78 is 13.0. The molecule has 0 aliphatic heterocycles. The van der Waals surface area contributed by atoms with E-state index in [9.17, 15) is 9.18 Å². The van der Waals surface area contributed by atoms with Crippen molar-refractivity contribution in [3.8, 4) is 0 Å². The molecule has 0 saturated heterocycles. The second kappa shape index (κ2) is 5.65.